The SMILES string of the molecule is CSCCC1NC(=O)N(Cc2ccc(Cl)c(Cl)c2)C1=O. The predicted molar refractivity (Wildman–Crippen MR) is 82.3 cm³/mol. The lowest BCUT2D eigenvalue weighted by Crippen LogP contribution is -2.31. The van der Waals surface area contributed by atoms with Gasteiger partial charge in [0.2, 0.25) is 0 Å². The first-order valence-electron chi connectivity index (χ1n) is 6.07. The minimum Gasteiger partial charge on any atom is -0.326 e. The molecule has 1 heterocycles. The molecule has 1 saturated heterocycles. The summed E-state index contributed by atoms with van der Waals surface area (Å²) in [7, 11) is 0. The molecule has 4 nitrogen and oxygen atoms in total. The average Bonchev–Trinajstić information content (AvgIpc) is 2.68. The third kappa shape index (κ3) is 3.40. The van der Waals surface area contributed by atoms with Crippen LogP contribution in [0.2, 0.25) is 10.0 Å². The normalized spacial score (nSPS) is 18.6. The Hall–Kier alpha value is -0.910. The van der Waals surface area contributed by atoms with Crippen LogP contribution >= 0.6 is 35.0 Å². The lowest BCUT2D eigenvalue weighted by Gasteiger charge is -2.13. The number of halogens is 2. The maximum absolute atomic E-state index is 12.2. The van der Waals surface area contributed by atoms with Crippen LogP contribution in [0.15, 0.2) is 18.2 Å². The second-order valence-electron chi connectivity index (χ2n) is 4.46. The fourth-order valence-corrected chi connectivity index (χ4v) is 2.77. The van der Waals surface area contributed by atoms with Crippen molar-refractivity contribution in [3.8, 4) is 0 Å². The zero-order chi connectivity index (χ0) is 14.7. The number of hydrogen-bond donors (Lipinski definition) is 1. The van der Waals surface area contributed by atoms with Gasteiger partial charge in [-0.25, -0.2) is 4.79 Å². The quantitative estimate of drug-likeness (QED) is 0.842. The van der Waals surface area contributed by atoms with E-state index >= 15 is 0 Å². The van der Waals surface area contributed by atoms with Crippen molar-refractivity contribution in [2.75, 3.05) is 12.0 Å². The van der Waals surface area contributed by atoms with Gasteiger partial charge in [-0.3, -0.25) is 9.69 Å². The van der Waals surface area contributed by atoms with Gasteiger partial charge in [0.05, 0.1) is 16.6 Å². The van der Waals surface area contributed by atoms with E-state index in [1.807, 2.05) is 6.26 Å². The monoisotopic (exact) mass is 332 g/mol. The molecule has 20 heavy (non-hydrogen) atoms. The van der Waals surface area contributed by atoms with E-state index in [0.717, 1.165) is 11.3 Å². The number of carbonyl (C=O) groups excluding carboxylic acids is 2. The summed E-state index contributed by atoms with van der Waals surface area (Å²) in [6, 6.07) is 4.30. The Morgan fingerprint density at radius 2 is 2.05 bits per heavy atom. The van der Waals surface area contributed by atoms with Crippen molar-refractivity contribution in [3.05, 3.63) is 33.8 Å². The molecule has 7 heteroatoms. The largest absolute Gasteiger partial charge is 0.326 e. The summed E-state index contributed by atoms with van der Waals surface area (Å²) in [4.78, 5) is 25.2. The summed E-state index contributed by atoms with van der Waals surface area (Å²) in [5.74, 6) is 0.646. The molecule has 0 spiro atoms. The summed E-state index contributed by atoms with van der Waals surface area (Å²) in [5.41, 5.74) is 0.772. The van der Waals surface area contributed by atoms with Crippen molar-refractivity contribution in [2.45, 2.75) is 19.0 Å². The fourth-order valence-electron chi connectivity index (χ4n) is 1.98. The second kappa shape index (κ2) is 6.70. The predicted octanol–water partition coefficient (Wildman–Crippen LogP) is 3.17. The second-order valence-corrected chi connectivity index (χ2v) is 6.26. The summed E-state index contributed by atoms with van der Waals surface area (Å²) in [6.45, 7) is 0.206. The maximum atomic E-state index is 12.2. The minimum absolute atomic E-state index is 0.185. The van der Waals surface area contributed by atoms with Gasteiger partial charge in [-0.1, -0.05) is 29.3 Å². The summed E-state index contributed by atoms with van der Waals surface area (Å²) >= 11 is 13.4. The van der Waals surface area contributed by atoms with Crippen molar-refractivity contribution in [1.29, 1.82) is 0 Å². The van der Waals surface area contributed by atoms with Gasteiger partial charge in [0.25, 0.3) is 5.91 Å². The van der Waals surface area contributed by atoms with E-state index in [2.05, 4.69) is 5.32 Å². The molecule has 1 aromatic rings. The number of amides is 3. The molecule has 0 radical (unpaired) electrons. The Labute approximate surface area is 131 Å². The number of nitrogens with zero attached hydrogens (tertiary/aromatic N) is 1. The molecule has 1 N–H and O–H groups in total. The highest BCUT2D eigenvalue weighted by molar-refractivity contribution is 7.98. The van der Waals surface area contributed by atoms with Crippen LogP contribution in [-0.2, 0) is 11.3 Å². The van der Waals surface area contributed by atoms with Crippen LogP contribution in [0.5, 0.6) is 0 Å². The molecular formula is C13H14Cl2N2O2S. The van der Waals surface area contributed by atoms with Crippen molar-refractivity contribution in [2.24, 2.45) is 0 Å². The molecule has 0 saturated carbocycles. The van der Waals surface area contributed by atoms with Gasteiger partial charge >= 0.3 is 6.03 Å². The number of benzene rings is 1. The average molecular weight is 333 g/mol. The standard InChI is InChI=1S/C13H14Cl2N2O2S/c1-20-5-4-11-12(18)17(13(19)16-11)7-8-2-3-9(14)10(15)6-8/h2-3,6,11H,4-5,7H2,1H3,(H,16,19). The molecule has 0 aromatic heterocycles. The lowest BCUT2D eigenvalue weighted by atomic mass is 10.2. The molecule has 0 aliphatic carbocycles. The van der Waals surface area contributed by atoms with E-state index in [4.69, 9.17) is 23.2 Å². The van der Waals surface area contributed by atoms with Crippen LogP contribution in [0.3, 0.4) is 0 Å². The van der Waals surface area contributed by atoms with Gasteiger partial charge in [0.15, 0.2) is 0 Å². The molecule has 2 rings (SSSR count). The summed E-state index contributed by atoms with van der Waals surface area (Å²) in [6.07, 6.45) is 2.61. The van der Waals surface area contributed by atoms with Crippen molar-refractivity contribution in [3.63, 3.8) is 0 Å². The van der Waals surface area contributed by atoms with E-state index in [0.29, 0.717) is 16.5 Å². The molecule has 1 aliphatic rings. The molecule has 0 bridgehead atoms. The summed E-state index contributed by atoms with van der Waals surface area (Å²) in [5, 5.41) is 3.56. The molecule has 108 valence electrons. The highest BCUT2D eigenvalue weighted by atomic mass is 35.5. The highest BCUT2D eigenvalue weighted by Crippen LogP contribution is 2.24. The molecule has 1 atom stereocenters. The Morgan fingerprint density at radius 3 is 2.70 bits per heavy atom. The third-order valence-electron chi connectivity index (χ3n) is 3.04. The third-order valence-corrected chi connectivity index (χ3v) is 4.43. The number of urea groups is 1. The molecule has 1 aromatic carbocycles. The Bertz CT molecular complexity index is 539. The Kier molecular flexibility index (Phi) is 5.18. The van der Waals surface area contributed by atoms with Crippen molar-refractivity contribution in [1.82, 2.24) is 10.2 Å². The summed E-state index contributed by atoms with van der Waals surface area (Å²) < 4.78 is 0. The van der Waals surface area contributed by atoms with Crippen molar-refractivity contribution >= 4 is 46.9 Å². The van der Waals surface area contributed by atoms with Gasteiger partial charge < -0.3 is 5.32 Å². The number of carbonyl (C=O) groups is 2. The zero-order valence-electron chi connectivity index (χ0n) is 10.9. The van der Waals surface area contributed by atoms with Crippen LogP contribution in [-0.4, -0.2) is 34.9 Å². The lowest BCUT2D eigenvalue weighted by molar-refractivity contribution is -0.127. The van der Waals surface area contributed by atoms with Crippen molar-refractivity contribution < 1.29 is 9.59 Å². The van der Waals surface area contributed by atoms with E-state index in [-0.39, 0.29) is 18.5 Å². The highest BCUT2D eigenvalue weighted by Gasteiger charge is 2.37. The van der Waals surface area contributed by atoms with E-state index < -0.39 is 6.04 Å². The molecule has 1 fully saturated rings. The first-order chi connectivity index (χ1) is 9.52. The maximum Gasteiger partial charge on any atom is 0.325 e. The van der Waals surface area contributed by atoms with Crippen LogP contribution < -0.4 is 5.32 Å². The number of imide groups is 1. The molecular weight excluding hydrogens is 319 g/mol. The van der Waals surface area contributed by atoms with Gasteiger partial charge in [-0.05, 0) is 36.1 Å². The van der Waals surface area contributed by atoms with Crippen LogP contribution in [0.1, 0.15) is 12.0 Å². The van der Waals surface area contributed by atoms with Gasteiger partial charge in [-0.2, -0.15) is 11.8 Å². The van der Waals surface area contributed by atoms with Crippen LogP contribution in [0.25, 0.3) is 0 Å². The molecule has 1 unspecified atom stereocenters. The van der Waals surface area contributed by atoms with E-state index in [1.165, 1.54) is 4.90 Å². The van der Waals surface area contributed by atoms with Gasteiger partial charge in [-0.15, -0.1) is 0 Å². The number of hydrogen-bond acceptors (Lipinski definition) is 3. The first-order valence-corrected chi connectivity index (χ1v) is 8.22. The topological polar surface area (TPSA) is 49.4 Å². The fraction of sp³-hybridized carbons (Fsp3) is 0.385. The Balaban J connectivity index is 2.07. The minimum atomic E-state index is -0.419. The van der Waals surface area contributed by atoms with Crippen LogP contribution in [0.4, 0.5) is 4.79 Å². The van der Waals surface area contributed by atoms with Crippen LogP contribution in [0, 0.1) is 0 Å². The van der Waals surface area contributed by atoms with E-state index in [9.17, 15) is 9.59 Å². The van der Waals surface area contributed by atoms with Gasteiger partial charge in [0, 0.05) is 0 Å². The smallest absolute Gasteiger partial charge is 0.325 e. The zero-order valence-corrected chi connectivity index (χ0v) is 13.2. The Morgan fingerprint density at radius 1 is 1.30 bits per heavy atom. The molecule has 1 aliphatic heterocycles. The molecule has 3 amide bonds. The number of rotatable bonds is 5. The number of thioether (sulfide) groups is 1. The number of nitrogens with one attached hydrogen (secondary N) is 1. The first kappa shape index (κ1) is 15.5. The van der Waals surface area contributed by atoms with Gasteiger partial charge in [0.1, 0.15) is 6.04 Å². The van der Waals surface area contributed by atoms with E-state index in [1.54, 1.807) is 30.0 Å².